The Morgan fingerprint density at radius 2 is 1.94 bits per heavy atom. The minimum Gasteiger partial charge on any atom is -0.497 e. The fourth-order valence-electron chi connectivity index (χ4n) is 4.64. The number of carbonyl (C=O) groups excluding carboxylic acids is 1. The molecule has 1 aliphatic heterocycles. The van der Waals surface area contributed by atoms with Crippen molar-refractivity contribution in [2.24, 2.45) is 5.10 Å². The molecule has 0 N–H and O–H groups in total. The van der Waals surface area contributed by atoms with Crippen LogP contribution in [0.15, 0.2) is 53.6 Å². The number of benzene rings is 2. The molecule has 1 atom stereocenters. The molecule has 6 heteroatoms. The third-order valence-corrected chi connectivity index (χ3v) is 6.42. The van der Waals surface area contributed by atoms with Gasteiger partial charge in [-0.1, -0.05) is 49.6 Å². The number of amides is 1. The summed E-state index contributed by atoms with van der Waals surface area (Å²) in [5, 5.41) is 6.17. The second kappa shape index (κ2) is 9.60. The quantitative estimate of drug-likeness (QED) is 0.672. The summed E-state index contributed by atoms with van der Waals surface area (Å²) in [6.07, 6.45) is 6.41. The van der Waals surface area contributed by atoms with E-state index in [-0.39, 0.29) is 18.3 Å². The summed E-state index contributed by atoms with van der Waals surface area (Å²) in [5.41, 5.74) is 2.15. The minimum atomic E-state index is -0.449. The van der Waals surface area contributed by atoms with Gasteiger partial charge >= 0.3 is 0 Å². The highest BCUT2D eigenvalue weighted by atomic mass is 19.1. The van der Waals surface area contributed by atoms with Gasteiger partial charge in [-0.2, -0.15) is 5.10 Å². The number of ether oxygens (including phenoxy) is 1. The maximum absolute atomic E-state index is 14.7. The summed E-state index contributed by atoms with van der Waals surface area (Å²) >= 11 is 0. The maximum Gasteiger partial charge on any atom is 0.257 e. The van der Waals surface area contributed by atoms with Crippen LogP contribution in [0.2, 0.25) is 0 Å². The molecule has 2 aromatic carbocycles. The monoisotopic (exact) mass is 423 g/mol. The number of likely N-dealkylation sites (N-methyl/N-ethyl adjacent to an activating group) is 1. The van der Waals surface area contributed by atoms with Crippen LogP contribution in [0.4, 0.5) is 4.39 Å². The second-order valence-electron chi connectivity index (χ2n) is 8.47. The second-order valence-corrected chi connectivity index (χ2v) is 8.47. The first-order valence-corrected chi connectivity index (χ1v) is 11.1. The Balaban J connectivity index is 1.60. The van der Waals surface area contributed by atoms with Crippen molar-refractivity contribution in [1.29, 1.82) is 0 Å². The van der Waals surface area contributed by atoms with Gasteiger partial charge in [-0.25, -0.2) is 9.40 Å². The van der Waals surface area contributed by atoms with Gasteiger partial charge in [-0.3, -0.25) is 9.69 Å². The average molecular weight is 424 g/mol. The van der Waals surface area contributed by atoms with Gasteiger partial charge in [0.2, 0.25) is 0 Å². The van der Waals surface area contributed by atoms with E-state index in [9.17, 15) is 9.18 Å². The standard InChI is InChI=1S/C25H30FN3O2/c1-28(19-10-4-3-5-11-19)17-25(30)29-24(21-13-6-7-14-22(21)26)16-23(27-29)18-9-8-12-20(15-18)31-2/h6-9,12-15,19,24H,3-5,10-11,16-17H2,1-2H3. The molecule has 0 bridgehead atoms. The molecule has 0 spiro atoms. The van der Waals surface area contributed by atoms with Crippen LogP contribution in [0.25, 0.3) is 0 Å². The molecule has 0 saturated heterocycles. The number of carbonyl (C=O) groups is 1. The van der Waals surface area contributed by atoms with Crippen molar-refractivity contribution >= 4 is 11.6 Å². The number of hydrogen-bond donors (Lipinski definition) is 0. The highest BCUT2D eigenvalue weighted by Gasteiger charge is 2.35. The molecule has 31 heavy (non-hydrogen) atoms. The van der Waals surface area contributed by atoms with E-state index >= 15 is 0 Å². The molecule has 2 aliphatic rings. The summed E-state index contributed by atoms with van der Waals surface area (Å²) in [4.78, 5) is 15.5. The molecule has 2 aromatic rings. The lowest BCUT2D eigenvalue weighted by molar-refractivity contribution is -0.134. The van der Waals surface area contributed by atoms with Gasteiger partial charge in [-0.05, 0) is 38.1 Å². The number of methoxy groups -OCH3 is 1. The first-order valence-electron chi connectivity index (χ1n) is 11.1. The van der Waals surface area contributed by atoms with Crippen LogP contribution in [-0.2, 0) is 4.79 Å². The molecule has 0 aromatic heterocycles. The normalized spacial score (nSPS) is 19.5. The fourth-order valence-corrected chi connectivity index (χ4v) is 4.64. The Hall–Kier alpha value is -2.73. The van der Waals surface area contributed by atoms with Crippen molar-refractivity contribution in [3.05, 3.63) is 65.5 Å². The summed E-state index contributed by atoms with van der Waals surface area (Å²) < 4.78 is 20.0. The lowest BCUT2D eigenvalue weighted by Gasteiger charge is -2.32. The van der Waals surface area contributed by atoms with Gasteiger partial charge in [0.15, 0.2) is 0 Å². The molecule has 1 heterocycles. The zero-order valence-electron chi connectivity index (χ0n) is 18.3. The van der Waals surface area contributed by atoms with E-state index in [0.717, 1.165) is 29.9 Å². The third-order valence-electron chi connectivity index (χ3n) is 6.42. The molecule has 1 aliphatic carbocycles. The molecule has 0 radical (unpaired) electrons. The van der Waals surface area contributed by atoms with Crippen LogP contribution < -0.4 is 4.74 Å². The minimum absolute atomic E-state index is 0.0979. The molecular weight excluding hydrogens is 393 g/mol. The van der Waals surface area contributed by atoms with Crippen LogP contribution in [0, 0.1) is 5.82 Å². The van der Waals surface area contributed by atoms with E-state index in [2.05, 4.69) is 10.0 Å². The van der Waals surface area contributed by atoms with Crippen LogP contribution in [0.1, 0.15) is 55.7 Å². The van der Waals surface area contributed by atoms with E-state index in [4.69, 9.17) is 4.74 Å². The Labute approximate surface area is 183 Å². The molecule has 164 valence electrons. The predicted molar refractivity (Wildman–Crippen MR) is 120 cm³/mol. The van der Waals surface area contributed by atoms with Crippen molar-refractivity contribution in [3.8, 4) is 5.75 Å². The third kappa shape index (κ3) is 4.79. The summed E-state index contributed by atoms with van der Waals surface area (Å²) in [7, 11) is 3.63. The summed E-state index contributed by atoms with van der Waals surface area (Å²) in [5.74, 6) is 0.316. The molecule has 1 saturated carbocycles. The van der Waals surface area contributed by atoms with Gasteiger partial charge in [-0.15, -0.1) is 0 Å². The van der Waals surface area contributed by atoms with Crippen LogP contribution in [0.3, 0.4) is 0 Å². The Kier molecular flexibility index (Phi) is 6.66. The van der Waals surface area contributed by atoms with Crippen LogP contribution >= 0.6 is 0 Å². The summed E-state index contributed by atoms with van der Waals surface area (Å²) in [6, 6.07) is 14.3. The smallest absolute Gasteiger partial charge is 0.257 e. The van der Waals surface area contributed by atoms with Crippen LogP contribution in [-0.4, -0.2) is 48.3 Å². The molecule has 4 rings (SSSR count). The number of hydrazone groups is 1. The molecule has 1 unspecified atom stereocenters. The Morgan fingerprint density at radius 3 is 2.68 bits per heavy atom. The van der Waals surface area contributed by atoms with E-state index in [1.54, 1.807) is 25.3 Å². The lowest BCUT2D eigenvalue weighted by Crippen LogP contribution is -2.42. The number of halogens is 1. The average Bonchev–Trinajstić information content (AvgIpc) is 3.25. The van der Waals surface area contributed by atoms with Crippen LogP contribution in [0.5, 0.6) is 5.75 Å². The van der Waals surface area contributed by atoms with Crippen molar-refractivity contribution in [3.63, 3.8) is 0 Å². The lowest BCUT2D eigenvalue weighted by atomic mass is 9.94. The zero-order valence-corrected chi connectivity index (χ0v) is 18.3. The number of nitrogens with zero attached hydrogens (tertiary/aromatic N) is 3. The Morgan fingerprint density at radius 1 is 1.16 bits per heavy atom. The van der Waals surface area contributed by atoms with E-state index in [1.165, 1.54) is 30.3 Å². The largest absolute Gasteiger partial charge is 0.497 e. The van der Waals surface area contributed by atoms with Crippen molar-refractivity contribution in [1.82, 2.24) is 9.91 Å². The number of rotatable bonds is 6. The highest BCUT2D eigenvalue weighted by molar-refractivity contribution is 6.03. The van der Waals surface area contributed by atoms with Crippen molar-refractivity contribution in [2.45, 2.75) is 50.6 Å². The van der Waals surface area contributed by atoms with Gasteiger partial charge in [0.05, 0.1) is 25.4 Å². The summed E-state index contributed by atoms with van der Waals surface area (Å²) in [6.45, 7) is 0.282. The predicted octanol–water partition coefficient (Wildman–Crippen LogP) is 4.78. The van der Waals surface area contributed by atoms with Crippen molar-refractivity contribution < 1.29 is 13.9 Å². The van der Waals surface area contributed by atoms with E-state index in [0.29, 0.717) is 18.0 Å². The number of hydrogen-bond acceptors (Lipinski definition) is 4. The topological polar surface area (TPSA) is 45.1 Å². The SMILES string of the molecule is COc1cccc(C2=NN(C(=O)CN(C)C3CCCCC3)C(c3ccccc3F)C2)c1. The van der Waals surface area contributed by atoms with E-state index in [1.807, 2.05) is 31.3 Å². The first-order chi connectivity index (χ1) is 15.1. The van der Waals surface area contributed by atoms with Gasteiger partial charge in [0.25, 0.3) is 5.91 Å². The van der Waals surface area contributed by atoms with Gasteiger partial charge in [0.1, 0.15) is 11.6 Å². The van der Waals surface area contributed by atoms with E-state index < -0.39 is 6.04 Å². The van der Waals surface area contributed by atoms with Gasteiger partial charge in [0, 0.05) is 23.6 Å². The Bertz CT molecular complexity index is 955. The molecular formula is C25H30FN3O2. The zero-order chi connectivity index (χ0) is 21.8. The van der Waals surface area contributed by atoms with Gasteiger partial charge < -0.3 is 4.74 Å². The highest BCUT2D eigenvalue weighted by Crippen LogP contribution is 2.35. The molecule has 1 amide bonds. The first kappa shape index (κ1) is 21.5. The molecule has 1 fully saturated rings. The molecule has 5 nitrogen and oxygen atoms in total. The van der Waals surface area contributed by atoms with Crippen molar-refractivity contribution in [2.75, 3.05) is 20.7 Å². The maximum atomic E-state index is 14.7. The fraction of sp³-hybridized carbons (Fsp3) is 0.440.